The average Bonchev–Trinajstić information content (AvgIpc) is 3.30. The number of methoxy groups -OCH3 is 2. The monoisotopic (exact) mass is 473 g/mol. The summed E-state index contributed by atoms with van der Waals surface area (Å²) in [6.07, 6.45) is 4.03. The van der Waals surface area contributed by atoms with Crippen molar-refractivity contribution >= 4 is 28.8 Å². The predicted molar refractivity (Wildman–Crippen MR) is 145 cm³/mol. The Morgan fingerprint density at radius 2 is 1.58 bits per heavy atom. The number of hydrogen-bond acceptors (Lipinski definition) is 4. The normalized spacial score (nSPS) is 11.4. The van der Waals surface area contributed by atoms with Gasteiger partial charge in [0.25, 0.3) is 0 Å². The summed E-state index contributed by atoms with van der Waals surface area (Å²) in [5.41, 5.74) is 7.86. The van der Waals surface area contributed by atoms with Gasteiger partial charge in [-0.15, -0.1) is 0 Å². The maximum atomic E-state index is 10.2. The maximum Gasteiger partial charge on any atom is 0.157 e. The van der Waals surface area contributed by atoms with Gasteiger partial charge in [-0.3, -0.25) is 4.40 Å². The summed E-state index contributed by atoms with van der Waals surface area (Å²) in [7, 11) is 3.27. The van der Waals surface area contributed by atoms with Crippen LogP contribution in [0.2, 0.25) is 0 Å². The highest BCUT2D eigenvalue weighted by Gasteiger charge is 2.18. The molecule has 3 aromatic carbocycles. The number of nitriles is 1. The first kappa shape index (κ1) is 23.2. The van der Waals surface area contributed by atoms with Gasteiger partial charge in [-0.05, 0) is 52.9 Å². The zero-order chi connectivity index (χ0) is 25.2. The number of ether oxygens (including phenoxy) is 2. The molecular formula is C31H27N3O2. The Bertz CT molecular complexity index is 1620. The maximum absolute atomic E-state index is 10.2. The second-order valence-corrected chi connectivity index (χ2v) is 8.99. The Morgan fingerprint density at radius 1 is 0.889 bits per heavy atom. The highest BCUT2D eigenvalue weighted by molar-refractivity contribution is 5.89. The third-order valence-electron chi connectivity index (χ3n) is 6.42. The average molecular weight is 474 g/mol. The van der Waals surface area contributed by atoms with Gasteiger partial charge in [0.05, 0.1) is 30.9 Å². The van der Waals surface area contributed by atoms with E-state index in [1.54, 1.807) is 14.2 Å². The molecule has 0 aliphatic heterocycles. The van der Waals surface area contributed by atoms with E-state index in [1.165, 1.54) is 5.56 Å². The van der Waals surface area contributed by atoms with Crippen molar-refractivity contribution in [2.45, 2.75) is 19.8 Å². The minimum Gasteiger partial charge on any atom is -0.497 e. The fraction of sp³-hybridized carbons (Fsp3) is 0.161. The van der Waals surface area contributed by atoms with Gasteiger partial charge in [-0.2, -0.15) is 5.26 Å². The highest BCUT2D eigenvalue weighted by Crippen LogP contribution is 2.35. The molecule has 36 heavy (non-hydrogen) atoms. The van der Waals surface area contributed by atoms with Crippen LogP contribution in [0.25, 0.3) is 40.1 Å². The molecule has 0 unspecified atom stereocenters. The molecule has 0 saturated heterocycles. The lowest BCUT2D eigenvalue weighted by atomic mass is 10.0. The van der Waals surface area contributed by atoms with Crippen LogP contribution in [0, 0.1) is 11.3 Å². The fourth-order valence-electron chi connectivity index (χ4n) is 4.44. The van der Waals surface area contributed by atoms with E-state index in [1.807, 2.05) is 65.1 Å². The number of rotatable bonds is 6. The van der Waals surface area contributed by atoms with Crippen molar-refractivity contribution in [3.05, 3.63) is 95.1 Å². The Hall–Kier alpha value is -4.56. The largest absolute Gasteiger partial charge is 0.497 e. The molecule has 0 aliphatic rings. The van der Waals surface area contributed by atoms with Gasteiger partial charge < -0.3 is 9.47 Å². The number of hydrogen-bond donors (Lipinski definition) is 0. The van der Waals surface area contributed by atoms with Gasteiger partial charge in [-0.25, -0.2) is 4.98 Å². The highest BCUT2D eigenvalue weighted by atomic mass is 16.5. The van der Waals surface area contributed by atoms with Crippen LogP contribution in [0.3, 0.4) is 0 Å². The molecule has 0 amide bonds. The Labute approximate surface area is 210 Å². The minimum absolute atomic E-state index is 0.479. The molecule has 0 aliphatic carbocycles. The van der Waals surface area contributed by atoms with Gasteiger partial charge in [0.1, 0.15) is 23.1 Å². The number of benzene rings is 3. The van der Waals surface area contributed by atoms with Crippen LogP contribution < -0.4 is 9.47 Å². The van der Waals surface area contributed by atoms with E-state index in [-0.39, 0.29) is 0 Å². The van der Waals surface area contributed by atoms with Crippen molar-refractivity contribution in [3.63, 3.8) is 0 Å². The standard InChI is InChI=1S/C31H27N3O2/c1-20(2)22-12-9-21(10-13-22)11-14-23-17-30(24-15-25(35-3)18-26(16-24)36-4)34-29-8-6-5-7-28(29)33-31(34)27(23)19-32/h5-18,20H,1-4H3. The first-order valence-electron chi connectivity index (χ1n) is 11.9. The summed E-state index contributed by atoms with van der Waals surface area (Å²) < 4.78 is 13.1. The van der Waals surface area contributed by atoms with Gasteiger partial charge in [0.2, 0.25) is 0 Å². The molecule has 0 saturated carbocycles. The van der Waals surface area contributed by atoms with Gasteiger partial charge in [0.15, 0.2) is 5.65 Å². The third-order valence-corrected chi connectivity index (χ3v) is 6.42. The van der Waals surface area contributed by atoms with Gasteiger partial charge in [0, 0.05) is 11.6 Å². The molecule has 2 heterocycles. The first-order valence-corrected chi connectivity index (χ1v) is 11.9. The summed E-state index contributed by atoms with van der Waals surface area (Å²) in [5, 5.41) is 10.2. The smallest absolute Gasteiger partial charge is 0.157 e. The quantitative estimate of drug-likeness (QED) is 0.259. The molecule has 0 radical (unpaired) electrons. The second kappa shape index (κ2) is 9.59. The summed E-state index contributed by atoms with van der Waals surface area (Å²) in [6, 6.07) is 26.6. The molecule has 0 N–H and O–H groups in total. The van der Waals surface area contributed by atoms with Crippen molar-refractivity contribution in [2.75, 3.05) is 14.2 Å². The summed E-state index contributed by atoms with van der Waals surface area (Å²) in [5.74, 6) is 1.86. The number of imidazole rings is 1. The van der Waals surface area contributed by atoms with E-state index in [0.29, 0.717) is 28.6 Å². The van der Waals surface area contributed by atoms with E-state index >= 15 is 0 Å². The molecule has 0 atom stereocenters. The van der Waals surface area contributed by atoms with Gasteiger partial charge >= 0.3 is 0 Å². The lowest BCUT2D eigenvalue weighted by Crippen LogP contribution is -1.99. The van der Waals surface area contributed by atoms with Crippen molar-refractivity contribution in [1.29, 1.82) is 5.26 Å². The van der Waals surface area contributed by atoms with E-state index in [9.17, 15) is 5.26 Å². The minimum atomic E-state index is 0.479. The first-order chi connectivity index (χ1) is 17.5. The molecule has 0 spiro atoms. The number of para-hydroxylation sites is 2. The van der Waals surface area contributed by atoms with E-state index < -0.39 is 0 Å². The number of aromatic nitrogens is 2. The van der Waals surface area contributed by atoms with E-state index in [2.05, 4.69) is 44.2 Å². The molecule has 5 rings (SSSR count). The molecule has 5 heteroatoms. The van der Waals surface area contributed by atoms with Crippen LogP contribution >= 0.6 is 0 Å². The molecule has 0 fully saturated rings. The third kappa shape index (κ3) is 4.18. The predicted octanol–water partition coefficient (Wildman–Crippen LogP) is 7.34. The van der Waals surface area contributed by atoms with Crippen LogP contribution in [0.15, 0.2) is 72.8 Å². The summed E-state index contributed by atoms with van der Waals surface area (Å²) in [6.45, 7) is 4.37. The molecule has 0 bridgehead atoms. The van der Waals surface area contributed by atoms with Crippen molar-refractivity contribution in [3.8, 4) is 28.8 Å². The fourth-order valence-corrected chi connectivity index (χ4v) is 4.44. The molecule has 5 aromatic rings. The number of nitrogens with zero attached hydrogens (tertiary/aromatic N) is 3. The van der Waals surface area contributed by atoms with Crippen LogP contribution in [-0.2, 0) is 0 Å². The topological polar surface area (TPSA) is 59.5 Å². The Morgan fingerprint density at radius 3 is 2.22 bits per heavy atom. The van der Waals surface area contributed by atoms with E-state index in [0.717, 1.165) is 33.4 Å². The Kier molecular flexibility index (Phi) is 6.18. The molecule has 2 aromatic heterocycles. The Balaban J connectivity index is 1.76. The molecule has 178 valence electrons. The number of pyridine rings is 1. The number of fused-ring (bicyclic) bond motifs is 3. The van der Waals surface area contributed by atoms with Crippen LogP contribution in [0.1, 0.15) is 42.0 Å². The van der Waals surface area contributed by atoms with Crippen LogP contribution in [0.5, 0.6) is 11.5 Å². The zero-order valence-electron chi connectivity index (χ0n) is 20.8. The van der Waals surface area contributed by atoms with Crippen molar-refractivity contribution in [1.82, 2.24) is 9.38 Å². The van der Waals surface area contributed by atoms with Gasteiger partial charge in [-0.1, -0.05) is 62.4 Å². The van der Waals surface area contributed by atoms with Crippen LogP contribution in [0.4, 0.5) is 0 Å². The summed E-state index contributed by atoms with van der Waals surface area (Å²) in [4.78, 5) is 4.85. The van der Waals surface area contributed by atoms with Crippen molar-refractivity contribution < 1.29 is 9.47 Å². The van der Waals surface area contributed by atoms with Crippen molar-refractivity contribution in [2.24, 2.45) is 0 Å². The van der Waals surface area contributed by atoms with E-state index in [4.69, 9.17) is 14.5 Å². The van der Waals surface area contributed by atoms with Crippen LogP contribution in [-0.4, -0.2) is 23.6 Å². The molecule has 5 nitrogen and oxygen atoms in total. The second-order valence-electron chi connectivity index (χ2n) is 8.99. The summed E-state index contributed by atoms with van der Waals surface area (Å²) >= 11 is 0. The lowest BCUT2D eigenvalue weighted by Gasteiger charge is -2.13. The zero-order valence-corrected chi connectivity index (χ0v) is 20.8. The lowest BCUT2D eigenvalue weighted by molar-refractivity contribution is 0.394. The molecular weight excluding hydrogens is 446 g/mol. The SMILES string of the molecule is COc1cc(OC)cc(-c2cc(C=Cc3ccc(C(C)C)cc3)c(C#N)c3nc4ccccc4n23)c1.